The second kappa shape index (κ2) is 11.6. The van der Waals surface area contributed by atoms with Crippen LogP contribution in [-0.2, 0) is 36.8 Å². The molecule has 192 valence electrons. The number of benzene rings is 1. The molecule has 0 radical (unpaired) electrons. The maximum Gasteiger partial charge on any atom is 0.408 e. The van der Waals surface area contributed by atoms with Crippen molar-refractivity contribution in [3.05, 3.63) is 51.8 Å². The van der Waals surface area contributed by atoms with Crippen molar-refractivity contribution in [1.82, 2.24) is 5.32 Å². The van der Waals surface area contributed by atoms with Gasteiger partial charge in [0.05, 0.1) is 17.1 Å². The van der Waals surface area contributed by atoms with Crippen molar-refractivity contribution < 1.29 is 37.9 Å². The molecule has 2 atom stereocenters. The van der Waals surface area contributed by atoms with Crippen LogP contribution in [0, 0.1) is 21.3 Å². The summed E-state index contributed by atoms with van der Waals surface area (Å²) in [6, 6.07) is 1.18. The molecule has 1 fully saturated rings. The minimum Gasteiger partial charge on any atom is -0.461 e. The first-order valence-electron chi connectivity index (χ1n) is 10.7. The summed E-state index contributed by atoms with van der Waals surface area (Å²) in [5, 5.41) is 13.8. The van der Waals surface area contributed by atoms with Crippen LogP contribution in [0.4, 0.5) is 14.9 Å². The van der Waals surface area contributed by atoms with E-state index in [0.29, 0.717) is 0 Å². The van der Waals surface area contributed by atoms with Gasteiger partial charge in [-0.1, -0.05) is 12.7 Å². The molecular formula is C23H29FN2O8S. The number of methoxy groups -OCH3 is 1. The quantitative estimate of drug-likeness (QED) is 0.174. The van der Waals surface area contributed by atoms with Gasteiger partial charge in [0.15, 0.2) is 5.78 Å². The Balaban J connectivity index is 2.47. The number of ketones is 1. The number of ether oxygens (including phenoxy) is 3. The van der Waals surface area contributed by atoms with Crippen LogP contribution in [0.1, 0.15) is 31.9 Å². The van der Waals surface area contributed by atoms with E-state index >= 15 is 0 Å². The van der Waals surface area contributed by atoms with Gasteiger partial charge < -0.3 is 19.5 Å². The number of carbonyl (C=O) groups excluding carboxylic acids is 3. The van der Waals surface area contributed by atoms with Gasteiger partial charge in [-0.15, -0.1) is 0 Å². The fourth-order valence-corrected chi connectivity index (χ4v) is 4.97. The lowest BCUT2D eigenvalue weighted by Gasteiger charge is -2.37. The van der Waals surface area contributed by atoms with E-state index in [0.717, 1.165) is 6.07 Å². The Hall–Kier alpha value is -2.99. The zero-order valence-electron chi connectivity index (χ0n) is 20.1. The molecule has 1 N–H and O–H groups in total. The highest BCUT2D eigenvalue weighted by molar-refractivity contribution is 7.99. The van der Waals surface area contributed by atoms with Gasteiger partial charge in [-0.2, -0.15) is 16.2 Å². The summed E-state index contributed by atoms with van der Waals surface area (Å²) < 4.78 is 30.1. The number of halogens is 1. The summed E-state index contributed by atoms with van der Waals surface area (Å²) in [4.78, 5) is 49.5. The van der Waals surface area contributed by atoms with E-state index in [1.807, 2.05) is 0 Å². The number of amides is 1. The average molecular weight is 513 g/mol. The minimum absolute atomic E-state index is 0.00647. The van der Waals surface area contributed by atoms with Crippen molar-refractivity contribution in [2.24, 2.45) is 5.41 Å². The zero-order chi connectivity index (χ0) is 26.4. The summed E-state index contributed by atoms with van der Waals surface area (Å²) in [5.41, 5.74) is -3.20. The molecule has 0 aliphatic carbocycles. The molecule has 0 saturated carbocycles. The lowest BCUT2D eigenvalue weighted by molar-refractivity contribution is -0.388. The normalized spacial score (nSPS) is 20.1. The molecule has 1 aliphatic heterocycles. The fraction of sp³-hybridized carbons (Fsp3) is 0.522. The maximum atomic E-state index is 14.7. The summed E-state index contributed by atoms with van der Waals surface area (Å²) in [7, 11) is 1.30. The van der Waals surface area contributed by atoms with Crippen LogP contribution in [0.2, 0.25) is 0 Å². The largest absolute Gasteiger partial charge is 0.461 e. The summed E-state index contributed by atoms with van der Waals surface area (Å²) in [6.45, 7) is 8.09. The number of nitro benzene ring substituents is 1. The van der Waals surface area contributed by atoms with E-state index in [4.69, 9.17) is 14.2 Å². The van der Waals surface area contributed by atoms with E-state index < -0.39 is 51.3 Å². The first-order valence-corrected chi connectivity index (χ1v) is 11.8. The van der Waals surface area contributed by atoms with Crippen molar-refractivity contribution in [1.29, 1.82) is 0 Å². The molecular weight excluding hydrogens is 483 g/mol. The Kier molecular flexibility index (Phi) is 9.38. The van der Waals surface area contributed by atoms with E-state index in [9.17, 15) is 28.9 Å². The highest BCUT2D eigenvalue weighted by Gasteiger charge is 2.53. The Morgan fingerprint density at radius 3 is 2.66 bits per heavy atom. The second-order valence-electron chi connectivity index (χ2n) is 9.00. The third-order valence-electron chi connectivity index (χ3n) is 5.03. The zero-order valence-corrected chi connectivity index (χ0v) is 20.9. The van der Waals surface area contributed by atoms with Crippen molar-refractivity contribution >= 4 is 35.3 Å². The Morgan fingerprint density at radius 1 is 1.40 bits per heavy atom. The average Bonchev–Trinajstić information content (AvgIpc) is 2.73. The fourth-order valence-electron chi connectivity index (χ4n) is 3.67. The van der Waals surface area contributed by atoms with Crippen molar-refractivity contribution in [2.75, 3.05) is 25.2 Å². The highest BCUT2D eigenvalue weighted by Crippen LogP contribution is 2.38. The number of alkyl carbamates (subject to hydrolysis) is 1. The van der Waals surface area contributed by atoms with Crippen LogP contribution < -0.4 is 5.32 Å². The van der Waals surface area contributed by atoms with Crippen LogP contribution in [0.3, 0.4) is 0 Å². The van der Waals surface area contributed by atoms with Crippen molar-refractivity contribution in [2.45, 2.75) is 45.4 Å². The number of hydrogen-bond acceptors (Lipinski definition) is 9. The second-order valence-corrected chi connectivity index (χ2v) is 10.0. The van der Waals surface area contributed by atoms with Gasteiger partial charge >= 0.3 is 17.7 Å². The molecule has 1 amide bonds. The molecule has 0 aromatic heterocycles. The van der Waals surface area contributed by atoms with Crippen LogP contribution in [0.15, 0.2) is 24.8 Å². The summed E-state index contributed by atoms with van der Waals surface area (Å²) >= 11 is 1.24. The predicted octanol–water partition coefficient (Wildman–Crippen LogP) is 3.35. The van der Waals surface area contributed by atoms with Gasteiger partial charge in [0.1, 0.15) is 23.7 Å². The van der Waals surface area contributed by atoms with Crippen LogP contribution in [0.5, 0.6) is 0 Å². The lowest BCUT2D eigenvalue weighted by atomic mass is 9.76. The lowest BCUT2D eigenvalue weighted by Crippen LogP contribution is -2.58. The SMILES string of the molecule is C=CCOC(=O)C1(Cc2cc(F)c([N+](=O)[O-])c(COC)c2)CSCC(NC(=O)OC(C)(C)C)C1=O. The van der Waals surface area contributed by atoms with E-state index in [1.54, 1.807) is 20.8 Å². The number of hydrogen-bond donors (Lipinski definition) is 1. The smallest absolute Gasteiger partial charge is 0.408 e. The predicted molar refractivity (Wildman–Crippen MR) is 127 cm³/mol. The van der Waals surface area contributed by atoms with Gasteiger partial charge in [-0.3, -0.25) is 19.7 Å². The maximum absolute atomic E-state index is 14.7. The van der Waals surface area contributed by atoms with Crippen LogP contribution in [0.25, 0.3) is 0 Å². The molecule has 1 saturated heterocycles. The molecule has 1 aromatic carbocycles. The number of nitro groups is 1. The standard InChI is InChI=1S/C23H29FN2O8S/c1-6-7-33-20(28)23(10-14-8-15(11-32-5)18(26(30)31)16(24)9-14)13-35-12-17(19(23)27)25-21(29)34-22(2,3)4/h6,8-9,17H,1,7,10-13H2,2-5H3,(H,25,29). The number of nitrogens with one attached hydrogen (secondary N) is 1. The third-order valence-corrected chi connectivity index (χ3v) is 6.29. The number of esters is 1. The summed E-state index contributed by atoms with van der Waals surface area (Å²) in [6.07, 6.45) is 0.216. The number of nitrogens with zero attached hydrogens (tertiary/aromatic N) is 1. The van der Waals surface area contributed by atoms with E-state index in [2.05, 4.69) is 11.9 Å². The topological polar surface area (TPSA) is 134 Å². The number of rotatable bonds is 9. The van der Waals surface area contributed by atoms with Gasteiger partial charge in [-0.25, -0.2) is 4.79 Å². The first kappa shape index (κ1) is 28.2. The monoisotopic (exact) mass is 512 g/mol. The Morgan fingerprint density at radius 2 is 2.09 bits per heavy atom. The molecule has 10 nitrogen and oxygen atoms in total. The van der Waals surface area contributed by atoms with Crippen LogP contribution in [-0.4, -0.2) is 59.6 Å². The van der Waals surface area contributed by atoms with Gasteiger partial charge in [-0.05, 0) is 44.9 Å². The molecule has 12 heteroatoms. The molecule has 35 heavy (non-hydrogen) atoms. The molecule has 2 rings (SSSR count). The Labute approximate surface area is 206 Å². The molecule has 0 bridgehead atoms. The van der Waals surface area contributed by atoms with Crippen molar-refractivity contribution in [3.63, 3.8) is 0 Å². The van der Waals surface area contributed by atoms with E-state index in [-0.39, 0.29) is 42.3 Å². The van der Waals surface area contributed by atoms with Gasteiger partial charge in [0, 0.05) is 18.6 Å². The number of Topliss-reactive ketones (excluding diaryl/α,β-unsaturated/α-hetero) is 1. The molecule has 2 unspecified atom stereocenters. The first-order chi connectivity index (χ1) is 16.3. The number of thioether (sulfide) groups is 1. The molecule has 0 spiro atoms. The van der Waals surface area contributed by atoms with Crippen LogP contribution >= 0.6 is 11.8 Å². The molecule has 1 aliphatic rings. The van der Waals surface area contributed by atoms with Gasteiger partial charge in [0.25, 0.3) is 0 Å². The molecule has 1 heterocycles. The molecule has 1 aromatic rings. The Bertz CT molecular complexity index is 1010. The third kappa shape index (κ3) is 7.01. The minimum atomic E-state index is -1.78. The van der Waals surface area contributed by atoms with Crippen molar-refractivity contribution in [3.8, 4) is 0 Å². The number of carbonyl (C=O) groups is 3. The van der Waals surface area contributed by atoms with E-state index in [1.165, 1.54) is 31.0 Å². The highest BCUT2D eigenvalue weighted by atomic mass is 32.2. The summed E-state index contributed by atoms with van der Waals surface area (Å²) in [5.74, 6) is -2.40. The van der Waals surface area contributed by atoms with Gasteiger partial charge in [0.2, 0.25) is 5.82 Å².